The number of rotatable bonds is 3. The van der Waals surface area contributed by atoms with Crippen molar-refractivity contribution in [2.24, 2.45) is 34.5 Å². The molecule has 5 rings (SSSR count). The number of ketones is 1. The molecule has 5 heteroatoms. The maximum absolute atomic E-state index is 12.8. The van der Waals surface area contributed by atoms with Crippen LogP contribution >= 0.6 is 0 Å². The lowest BCUT2D eigenvalue weighted by atomic mass is 9.45. The Kier molecular flexibility index (Phi) is 5.17. The van der Waals surface area contributed by atoms with Crippen molar-refractivity contribution in [3.63, 3.8) is 0 Å². The van der Waals surface area contributed by atoms with Gasteiger partial charge in [-0.2, -0.15) is 8.42 Å². The average molecular weight is 445 g/mol. The summed E-state index contributed by atoms with van der Waals surface area (Å²) in [6.07, 6.45) is 8.77. The van der Waals surface area contributed by atoms with Crippen molar-refractivity contribution in [3.8, 4) is 0 Å². The van der Waals surface area contributed by atoms with Gasteiger partial charge in [-0.05, 0) is 98.5 Å². The van der Waals surface area contributed by atoms with Crippen LogP contribution in [0, 0.1) is 41.4 Å². The molecule has 170 valence electrons. The molecule has 0 aromatic heterocycles. The van der Waals surface area contributed by atoms with Crippen molar-refractivity contribution in [3.05, 3.63) is 29.8 Å². The highest BCUT2D eigenvalue weighted by atomic mass is 32.2. The van der Waals surface area contributed by atoms with E-state index in [4.69, 9.17) is 4.18 Å². The minimum absolute atomic E-state index is 0.220. The van der Waals surface area contributed by atoms with Crippen LogP contribution in [0.1, 0.15) is 77.2 Å². The summed E-state index contributed by atoms with van der Waals surface area (Å²) in [5.41, 5.74) is 1.52. The Bertz CT molecular complexity index is 968. The minimum Gasteiger partial charge on any atom is -0.300 e. The first-order valence-electron chi connectivity index (χ1n) is 12.1. The van der Waals surface area contributed by atoms with Crippen LogP contribution < -0.4 is 0 Å². The summed E-state index contributed by atoms with van der Waals surface area (Å²) in [7, 11) is -3.72. The van der Waals surface area contributed by atoms with Gasteiger partial charge in [0.15, 0.2) is 0 Å². The molecule has 4 saturated carbocycles. The Balaban J connectivity index is 1.30. The van der Waals surface area contributed by atoms with Gasteiger partial charge in [0.2, 0.25) is 0 Å². The number of fused-ring (bicyclic) bond motifs is 5. The van der Waals surface area contributed by atoms with Crippen LogP contribution in [-0.2, 0) is 19.1 Å². The number of Topliss-reactive ketones (excluding diaryl/α,β-unsaturated/α-hetero) is 1. The number of carbonyl (C=O) groups is 1. The summed E-state index contributed by atoms with van der Waals surface area (Å²) in [6.45, 7) is 6.76. The van der Waals surface area contributed by atoms with Crippen molar-refractivity contribution in [2.45, 2.75) is 89.6 Å². The topological polar surface area (TPSA) is 60.4 Å². The molecule has 4 aliphatic rings. The van der Waals surface area contributed by atoms with E-state index in [-0.39, 0.29) is 21.8 Å². The highest BCUT2D eigenvalue weighted by Gasteiger charge is 2.59. The largest absolute Gasteiger partial charge is 0.300 e. The van der Waals surface area contributed by atoms with Crippen LogP contribution in [0.5, 0.6) is 0 Å². The van der Waals surface area contributed by atoms with Crippen LogP contribution in [0.4, 0.5) is 0 Å². The molecule has 1 aromatic carbocycles. The predicted octanol–water partition coefficient (Wildman–Crippen LogP) is 5.68. The Morgan fingerprint density at radius 1 is 0.968 bits per heavy atom. The van der Waals surface area contributed by atoms with E-state index < -0.39 is 10.1 Å². The first-order chi connectivity index (χ1) is 14.6. The lowest BCUT2D eigenvalue weighted by molar-refractivity contribution is -0.119. The molecule has 1 aromatic rings. The third kappa shape index (κ3) is 3.60. The minimum atomic E-state index is -3.72. The second-order valence-electron chi connectivity index (χ2n) is 11.5. The molecule has 0 radical (unpaired) electrons. The predicted molar refractivity (Wildman–Crippen MR) is 120 cm³/mol. The molecular formula is C26H36O4S. The SMILES string of the molecule is Cc1ccc(S(=O)(=O)O[C@H]2CC[C@@]3(C)[C@H](CC[C@H]4[C@@H]5CC(=O)C[C@@]5(C)CC[C@@H]43)C2)cc1. The maximum Gasteiger partial charge on any atom is 0.297 e. The van der Waals surface area contributed by atoms with Crippen molar-refractivity contribution in [2.75, 3.05) is 0 Å². The van der Waals surface area contributed by atoms with E-state index in [2.05, 4.69) is 13.8 Å². The zero-order valence-corrected chi connectivity index (χ0v) is 19.9. The average Bonchev–Trinajstić information content (AvgIpc) is 3.02. The molecule has 0 bridgehead atoms. The van der Waals surface area contributed by atoms with Gasteiger partial charge < -0.3 is 0 Å². The van der Waals surface area contributed by atoms with Gasteiger partial charge in [0, 0.05) is 12.8 Å². The first-order valence-corrected chi connectivity index (χ1v) is 13.5. The van der Waals surface area contributed by atoms with Crippen LogP contribution in [0.25, 0.3) is 0 Å². The summed E-state index contributed by atoms with van der Waals surface area (Å²) < 4.78 is 31.4. The molecule has 0 unspecified atom stereocenters. The third-order valence-electron chi connectivity index (χ3n) is 9.76. The summed E-state index contributed by atoms with van der Waals surface area (Å²) >= 11 is 0. The zero-order valence-electron chi connectivity index (χ0n) is 19.1. The molecule has 4 aliphatic carbocycles. The van der Waals surface area contributed by atoms with Crippen molar-refractivity contribution in [1.82, 2.24) is 0 Å². The highest BCUT2D eigenvalue weighted by Crippen LogP contribution is 2.65. The molecule has 4 fully saturated rings. The fraction of sp³-hybridized carbons (Fsp3) is 0.731. The summed E-state index contributed by atoms with van der Waals surface area (Å²) in [5.74, 6) is 2.89. The number of aryl methyl sites for hydroxylation is 1. The van der Waals surface area contributed by atoms with Gasteiger partial charge in [-0.15, -0.1) is 0 Å². The molecule has 0 amide bonds. The van der Waals surface area contributed by atoms with Crippen molar-refractivity contribution >= 4 is 15.9 Å². The van der Waals surface area contributed by atoms with Crippen LogP contribution in [0.2, 0.25) is 0 Å². The van der Waals surface area contributed by atoms with E-state index in [1.54, 1.807) is 12.1 Å². The Labute approximate surface area is 187 Å². The third-order valence-corrected chi connectivity index (χ3v) is 11.1. The van der Waals surface area contributed by atoms with Crippen molar-refractivity contribution < 1.29 is 17.4 Å². The normalized spacial score (nSPS) is 42.5. The van der Waals surface area contributed by atoms with E-state index in [1.807, 2.05) is 19.1 Å². The van der Waals surface area contributed by atoms with Crippen LogP contribution in [0.3, 0.4) is 0 Å². The van der Waals surface area contributed by atoms with Crippen LogP contribution in [-0.4, -0.2) is 20.3 Å². The molecule has 31 heavy (non-hydrogen) atoms. The van der Waals surface area contributed by atoms with E-state index in [0.29, 0.717) is 29.5 Å². The fourth-order valence-corrected chi connectivity index (χ4v) is 9.14. The molecular weight excluding hydrogens is 408 g/mol. The first kappa shape index (κ1) is 21.6. The molecule has 0 aliphatic heterocycles. The molecule has 0 heterocycles. The Morgan fingerprint density at radius 3 is 2.45 bits per heavy atom. The second-order valence-corrected chi connectivity index (χ2v) is 13.1. The van der Waals surface area contributed by atoms with Gasteiger partial charge in [-0.25, -0.2) is 0 Å². The van der Waals surface area contributed by atoms with Crippen molar-refractivity contribution in [1.29, 1.82) is 0 Å². The fourth-order valence-electron chi connectivity index (χ4n) is 8.03. The summed E-state index contributed by atoms with van der Waals surface area (Å²) in [6, 6.07) is 6.93. The standard InChI is InChI=1S/C26H36O4S/c1-17-4-7-21(8-5-17)31(28,29)30-20-10-13-26(3)18(14-20)6-9-22-23(26)11-12-25(2)16-19(27)15-24(22)25/h4-5,7-8,18,20,22-24H,6,9-16H2,1-3H3/t18-,20+,22-,23+,24+,25-,26+/m1/s1. The highest BCUT2D eigenvalue weighted by molar-refractivity contribution is 7.86. The van der Waals surface area contributed by atoms with Crippen LogP contribution in [0.15, 0.2) is 29.2 Å². The molecule has 0 spiro atoms. The lowest BCUT2D eigenvalue weighted by Crippen LogP contribution is -2.53. The van der Waals surface area contributed by atoms with Gasteiger partial charge in [0.25, 0.3) is 10.1 Å². The lowest BCUT2D eigenvalue weighted by Gasteiger charge is -2.60. The molecule has 4 nitrogen and oxygen atoms in total. The van der Waals surface area contributed by atoms with Gasteiger partial charge >= 0.3 is 0 Å². The van der Waals surface area contributed by atoms with E-state index in [0.717, 1.165) is 44.1 Å². The summed E-state index contributed by atoms with van der Waals surface area (Å²) in [4.78, 5) is 12.5. The van der Waals surface area contributed by atoms with Gasteiger partial charge in [0.05, 0.1) is 11.0 Å². The summed E-state index contributed by atoms with van der Waals surface area (Å²) in [5, 5.41) is 0. The van der Waals surface area contributed by atoms with Gasteiger partial charge in [-0.1, -0.05) is 31.5 Å². The van der Waals surface area contributed by atoms with E-state index >= 15 is 0 Å². The molecule has 0 saturated heterocycles. The Morgan fingerprint density at radius 2 is 1.71 bits per heavy atom. The number of hydrogen-bond donors (Lipinski definition) is 0. The monoisotopic (exact) mass is 444 g/mol. The molecule has 0 N–H and O–H groups in total. The van der Waals surface area contributed by atoms with E-state index in [1.165, 1.54) is 19.3 Å². The maximum atomic E-state index is 12.8. The zero-order chi connectivity index (χ0) is 22.0. The quantitative estimate of drug-likeness (QED) is 0.563. The van der Waals surface area contributed by atoms with Gasteiger partial charge in [-0.3, -0.25) is 8.98 Å². The smallest absolute Gasteiger partial charge is 0.297 e. The number of hydrogen-bond acceptors (Lipinski definition) is 4. The number of benzene rings is 1. The van der Waals surface area contributed by atoms with E-state index in [9.17, 15) is 13.2 Å². The molecule has 7 atom stereocenters. The second kappa shape index (κ2) is 7.41. The Hall–Kier alpha value is -1.20. The van der Waals surface area contributed by atoms with Gasteiger partial charge in [0.1, 0.15) is 5.78 Å². The number of carbonyl (C=O) groups excluding carboxylic acids is 1.